The molecule has 0 fully saturated rings. The highest BCUT2D eigenvalue weighted by molar-refractivity contribution is 7.89. The first-order valence-corrected chi connectivity index (χ1v) is 13.4. The van der Waals surface area contributed by atoms with Crippen molar-refractivity contribution >= 4 is 16.1 Å². The molecule has 2 N–H and O–H groups in total. The summed E-state index contributed by atoms with van der Waals surface area (Å²) in [7, 11) is -2.23. The summed E-state index contributed by atoms with van der Waals surface area (Å²) < 4.78 is 35.0. The predicted molar refractivity (Wildman–Crippen MR) is 137 cm³/mol. The monoisotopic (exact) mass is 503 g/mol. The molecule has 192 valence electrons. The van der Waals surface area contributed by atoms with Crippen molar-refractivity contribution in [3.8, 4) is 16.9 Å². The maximum Gasteiger partial charge on any atom is 0.317 e. The van der Waals surface area contributed by atoms with E-state index in [1.165, 1.54) is 4.31 Å². The van der Waals surface area contributed by atoms with Crippen LogP contribution in [0, 0.1) is 12.8 Å². The second kappa shape index (κ2) is 11.0. The highest BCUT2D eigenvalue weighted by Gasteiger charge is 2.38. The lowest BCUT2D eigenvalue weighted by molar-refractivity contribution is 0.0810. The molecule has 9 heteroatoms. The summed E-state index contributed by atoms with van der Waals surface area (Å²) in [4.78, 5) is 14.2. The van der Waals surface area contributed by atoms with E-state index in [0.717, 1.165) is 16.7 Å². The Labute approximate surface area is 208 Å². The largest absolute Gasteiger partial charge is 0.487 e. The van der Waals surface area contributed by atoms with E-state index in [9.17, 15) is 18.3 Å². The Balaban J connectivity index is 2.06. The van der Waals surface area contributed by atoms with Crippen LogP contribution >= 0.6 is 0 Å². The molecule has 2 aromatic rings. The van der Waals surface area contributed by atoms with E-state index in [2.05, 4.69) is 5.32 Å². The van der Waals surface area contributed by atoms with E-state index < -0.39 is 22.2 Å². The number of carbonyl (C=O) groups is 1. The summed E-state index contributed by atoms with van der Waals surface area (Å²) in [5, 5.41) is 12.7. The number of aliphatic hydroxyl groups excluding tert-OH is 1. The molecule has 0 bridgehead atoms. The standard InChI is InChI=1S/C26H37N3O5S/c1-17(2)27-26(31)28(6)15-24-19(4)14-29(20(5)16-30)35(32,33)25-12-11-22(13-23(25)34-24)21-9-7-18(3)8-10-21/h7-13,17,19-20,24,30H,14-16H2,1-6H3,(H,27,31)/t19-,20-,24+/m0/s1. The minimum atomic E-state index is -3.92. The number of hydrogen-bond donors (Lipinski definition) is 2. The molecule has 0 saturated heterocycles. The van der Waals surface area contributed by atoms with Crippen molar-refractivity contribution < 1.29 is 23.1 Å². The second-order valence-corrected chi connectivity index (χ2v) is 11.6. The van der Waals surface area contributed by atoms with Crippen LogP contribution in [0.3, 0.4) is 0 Å². The first kappa shape index (κ1) is 27.0. The minimum absolute atomic E-state index is 0.00976. The van der Waals surface area contributed by atoms with Crippen molar-refractivity contribution in [2.45, 2.75) is 57.7 Å². The van der Waals surface area contributed by atoms with Gasteiger partial charge in [0.25, 0.3) is 0 Å². The van der Waals surface area contributed by atoms with Crippen LogP contribution < -0.4 is 10.1 Å². The van der Waals surface area contributed by atoms with Gasteiger partial charge in [0.05, 0.1) is 13.2 Å². The van der Waals surface area contributed by atoms with Crippen LogP contribution in [0.4, 0.5) is 4.79 Å². The van der Waals surface area contributed by atoms with Crippen LogP contribution in [-0.4, -0.2) is 73.7 Å². The van der Waals surface area contributed by atoms with Gasteiger partial charge in [-0.2, -0.15) is 4.31 Å². The summed E-state index contributed by atoms with van der Waals surface area (Å²) in [6.45, 7) is 9.51. The fraction of sp³-hybridized carbons (Fsp3) is 0.500. The van der Waals surface area contributed by atoms with Gasteiger partial charge in [-0.25, -0.2) is 13.2 Å². The lowest BCUT2D eigenvalue weighted by Crippen LogP contribution is -2.51. The van der Waals surface area contributed by atoms with Gasteiger partial charge in [-0.3, -0.25) is 0 Å². The van der Waals surface area contributed by atoms with Gasteiger partial charge < -0.3 is 20.1 Å². The summed E-state index contributed by atoms with van der Waals surface area (Å²) in [6.07, 6.45) is -0.464. The van der Waals surface area contributed by atoms with Gasteiger partial charge in [-0.1, -0.05) is 42.8 Å². The number of aryl methyl sites for hydroxylation is 1. The van der Waals surface area contributed by atoms with Crippen molar-refractivity contribution in [1.82, 2.24) is 14.5 Å². The third-order valence-corrected chi connectivity index (χ3v) is 8.28. The summed E-state index contributed by atoms with van der Waals surface area (Å²) in [5.74, 6) is -0.00307. The van der Waals surface area contributed by atoms with Crippen molar-refractivity contribution in [2.24, 2.45) is 5.92 Å². The lowest BCUT2D eigenvalue weighted by atomic mass is 10.0. The molecule has 2 amide bonds. The van der Waals surface area contributed by atoms with Crippen LogP contribution in [0.2, 0.25) is 0 Å². The molecule has 1 aliphatic heterocycles. The van der Waals surface area contributed by atoms with E-state index >= 15 is 0 Å². The SMILES string of the molecule is Cc1ccc(-c2ccc3c(c2)O[C@H](CN(C)C(=O)NC(C)C)[C@@H](C)CN([C@@H](C)CO)S3(=O)=O)cc1. The normalized spacial score (nSPS) is 20.8. The number of carbonyl (C=O) groups excluding carboxylic acids is 1. The minimum Gasteiger partial charge on any atom is -0.487 e. The fourth-order valence-corrected chi connectivity index (χ4v) is 5.90. The summed E-state index contributed by atoms with van der Waals surface area (Å²) in [6, 6.07) is 12.2. The third kappa shape index (κ3) is 6.15. The molecule has 0 saturated carbocycles. The van der Waals surface area contributed by atoms with Gasteiger partial charge in [0.1, 0.15) is 16.7 Å². The zero-order chi connectivity index (χ0) is 25.9. The number of sulfonamides is 1. The number of urea groups is 1. The van der Waals surface area contributed by atoms with E-state index in [0.29, 0.717) is 0 Å². The van der Waals surface area contributed by atoms with Gasteiger partial charge in [0, 0.05) is 31.6 Å². The Morgan fingerprint density at radius 2 is 1.80 bits per heavy atom. The Morgan fingerprint density at radius 1 is 1.17 bits per heavy atom. The third-order valence-electron chi connectivity index (χ3n) is 6.26. The highest BCUT2D eigenvalue weighted by Crippen LogP contribution is 2.36. The number of fused-ring (bicyclic) bond motifs is 1. The topological polar surface area (TPSA) is 99.2 Å². The molecule has 3 atom stereocenters. The smallest absolute Gasteiger partial charge is 0.317 e. The van der Waals surface area contributed by atoms with Crippen LogP contribution in [0.15, 0.2) is 47.4 Å². The number of nitrogens with one attached hydrogen (secondary N) is 1. The molecule has 1 heterocycles. The molecule has 0 unspecified atom stereocenters. The Kier molecular flexibility index (Phi) is 8.46. The molecular formula is C26H37N3O5S. The molecule has 1 aliphatic rings. The van der Waals surface area contributed by atoms with Gasteiger partial charge in [-0.15, -0.1) is 0 Å². The van der Waals surface area contributed by atoms with Crippen molar-refractivity contribution in [3.05, 3.63) is 48.0 Å². The Bertz CT molecular complexity index is 1130. The predicted octanol–water partition coefficient (Wildman–Crippen LogP) is 3.48. The van der Waals surface area contributed by atoms with Crippen LogP contribution in [0.25, 0.3) is 11.1 Å². The van der Waals surface area contributed by atoms with Crippen LogP contribution in [0.1, 0.15) is 33.3 Å². The number of nitrogens with zero attached hydrogens (tertiary/aromatic N) is 2. The van der Waals surface area contributed by atoms with E-state index in [-0.39, 0.29) is 48.3 Å². The summed E-state index contributed by atoms with van der Waals surface area (Å²) >= 11 is 0. The molecule has 35 heavy (non-hydrogen) atoms. The number of hydrogen-bond acceptors (Lipinski definition) is 5. The zero-order valence-corrected chi connectivity index (χ0v) is 22.2. The number of ether oxygens (including phenoxy) is 1. The average molecular weight is 504 g/mol. The Morgan fingerprint density at radius 3 is 2.40 bits per heavy atom. The fourth-order valence-electron chi connectivity index (χ4n) is 4.08. The van der Waals surface area contributed by atoms with Gasteiger partial charge >= 0.3 is 6.03 Å². The second-order valence-electron chi connectivity index (χ2n) is 9.75. The van der Waals surface area contributed by atoms with Crippen LogP contribution in [-0.2, 0) is 10.0 Å². The molecule has 0 aliphatic carbocycles. The Hall–Kier alpha value is -2.62. The quantitative estimate of drug-likeness (QED) is 0.629. The number of amides is 2. The van der Waals surface area contributed by atoms with Gasteiger partial charge in [0.2, 0.25) is 10.0 Å². The maximum atomic E-state index is 13.6. The molecule has 0 radical (unpaired) electrons. The number of aliphatic hydroxyl groups is 1. The maximum absolute atomic E-state index is 13.6. The van der Waals surface area contributed by atoms with Gasteiger partial charge in [-0.05, 0) is 51.0 Å². The average Bonchev–Trinajstić information content (AvgIpc) is 2.80. The molecule has 2 aromatic carbocycles. The zero-order valence-electron chi connectivity index (χ0n) is 21.4. The molecular weight excluding hydrogens is 466 g/mol. The van der Waals surface area contributed by atoms with Crippen molar-refractivity contribution in [3.63, 3.8) is 0 Å². The van der Waals surface area contributed by atoms with Gasteiger partial charge in [0.15, 0.2) is 0 Å². The number of rotatable bonds is 6. The first-order valence-electron chi connectivity index (χ1n) is 12.0. The molecule has 0 spiro atoms. The number of likely N-dealkylation sites (N-methyl/N-ethyl adjacent to an activating group) is 1. The summed E-state index contributed by atoms with van der Waals surface area (Å²) in [5.41, 5.74) is 2.91. The van der Waals surface area contributed by atoms with E-state index in [4.69, 9.17) is 4.74 Å². The highest BCUT2D eigenvalue weighted by atomic mass is 32.2. The van der Waals surface area contributed by atoms with E-state index in [1.807, 2.05) is 52.0 Å². The van der Waals surface area contributed by atoms with E-state index in [1.54, 1.807) is 37.1 Å². The molecule has 0 aromatic heterocycles. The first-order chi connectivity index (χ1) is 16.4. The van der Waals surface area contributed by atoms with Crippen molar-refractivity contribution in [1.29, 1.82) is 0 Å². The molecule has 8 nitrogen and oxygen atoms in total. The lowest BCUT2D eigenvalue weighted by Gasteiger charge is -2.37. The van der Waals surface area contributed by atoms with Crippen molar-refractivity contribution in [2.75, 3.05) is 26.7 Å². The number of benzene rings is 2. The molecule has 3 rings (SSSR count). The van der Waals surface area contributed by atoms with Crippen LogP contribution in [0.5, 0.6) is 5.75 Å².